The van der Waals surface area contributed by atoms with Crippen molar-refractivity contribution in [2.24, 2.45) is 11.3 Å². The van der Waals surface area contributed by atoms with Gasteiger partial charge in [0.2, 0.25) is 5.91 Å². The number of carbonyl (C=O) groups is 1. The number of carbonyl (C=O) groups excluding carboxylic acids is 1. The minimum Gasteiger partial charge on any atom is -0.396 e. The van der Waals surface area contributed by atoms with Crippen molar-refractivity contribution in [3.63, 3.8) is 0 Å². The van der Waals surface area contributed by atoms with Crippen molar-refractivity contribution in [3.8, 4) is 6.07 Å². The first-order valence-corrected chi connectivity index (χ1v) is 7.43. The highest BCUT2D eigenvalue weighted by Crippen LogP contribution is 2.24. The Morgan fingerprint density at radius 3 is 2.43 bits per heavy atom. The van der Waals surface area contributed by atoms with Gasteiger partial charge >= 0.3 is 0 Å². The molecule has 4 heteroatoms. The summed E-state index contributed by atoms with van der Waals surface area (Å²) in [5.41, 5.74) is 0.682. The van der Waals surface area contributed by atoms with Crippen LogP contribution in [0.2, 0.25) is 0 Å². The lowest BCUT2D eigenvalue weighted by Gasteiger charge is -2.29. The van der Waals surface area contributed by atoms with Crippen LogP contribution in [0.25, 0.3) is 0 Å². The molecule has 114 valence electrons. The summed E-state index contributed by atoms with van der Waals surface area (Å²) in [4.78, 5) is 12.2. The van der Waals surface area contributed by atoms with Crippen molar-refractivity contribution in [2.75, 3.05) is 13.2 Å². The molecule has 1 atom stereocenters. The average Bonchev–Trinajstić information content (AvgIpc) is 2.55. The minimum atomic E-state index is -0.697. The van der Waals surface area contributed by atoms with Gasteiger partial charge in [-0.2, -0.15) is 5.26 Å². The van der Waals surface area contributed by atoms with Gasteiger partial charge in [0.25, 0.3) is 0 Å². The van der Waals surface area contributed by atoms with Crippen molar-refractivity contribution in [2.45, 2.75) is 33.1 Å². The predicted molar refractivity (Wildman–Crippen MR) is 82.4 cm³/mol. The van der Waals surface area contributed by atoms with Gasteiger partial charge in [0.05, 0.1) is 12.7 Å². The molecule has 0 saturated heterocycles. The summed E-state index contributed by atoms with van der Waals surface area (Å²) in [7, 11) is 0. The topological polar surface area (TPSA) is 73.1 Å². The first-order valence-electron chi connectivity index (χ1n) is 7.43. The Morgan fingerprint density at radius 1 is 1.33 bits per heavy atom. The zero-order valence-electron chi connectivity index (χ0n) is 12.8. The number of aliphatic hydroxyl groups excluding tert-OH is 1. The lowest BCUT2D eigenvalue weighted by Crippen LogP contribution is -2.41. The maximum Gasteiger partial charge on any atom is 0.237 e. The fourth-order valence-corrected chi connectivity index (χ4v) is 2.22. The quantitative estimate of drug-likeness (QED) is 0.770. The van der Waals surface area contributed by atoms with Crippen molar-refractivity contribution in [1.29, 1.82) is 5.26 Å². The Morgan fingerprint density at radius 2 is 1.95 bits per heavy atom. The molecule has 21 heavy (non-hydrogen) atoms. The van der Waals surface area contributed by atoms with Crippen LogP contribution in [-0.4, -0.2) is 24.2 Å². The monoisotopic (exact) mass is 288 g/mol. The van der Waals surface area contributed by atoms with Gasteiger partial charge in [-0.25, -0.2) is 0 Å². The van der Waals surface area contributed by atoms with Crippen LogP contribution >= 0.6 is 0 Å². The summed E-state index contributed by atoms with van der Waals surface area (Å²) < 4.78 is 0. The smallest absolute Gasteiger partial charge is 0.237 e. The molecule has 0 spiro atoms. The summed E-state index contributed by atoms with van der Waals surface area (Å²) in [6.07, 6.45) is 1.99. The molecule has 0 fully saturated rings. The first kappa shape index (κ1) is 17.2. The Bertz CT molecular complexity index is 467. The molecule has 4 nitrogen and oxygen atoms in total. The van der Waals surface area contributed by atoms with Crippen LogP contribution in [0.15, 0.2) is 30.3 Å². The van der Waals surface area contributed by atoms with Crippen LogP contribution in [0.5, 0.6) is 0 Å². The van der Waals surface area contributed by atoms with Crippen molar-refractivity contribution in [3.05, 3.63) is 35.9 Å². The lowest BCUT2D eigenvalue weighted by molar-refractivity contribution is -0.124. The molecule has 0 aliphatic heterocycles. The molecule has 1 aromatic carbocycles. The van der Waals surface area contributed by atoms with Gasteiger partial charge in [0.1, 0.15) is 5.92 Å². The van der Waals surface area contributed by atoms with Gasteiger partial charge in [-0.05, 0) is 24.8 Å². The van der Waals surface area contributed by atoms with E-state index in [-0.39, 0.29) is 17.9 Å². The average molecular weight is 288 g/mol. The number of nitriles is 1. The maximum atomic E-state index is 12.2. The normalized spacial score (nSPS) is 12.5. The van der Waals surface area contributed by atoms with E-state index in [4.69, 9.17) is 0 Å². The fourth-order valence-electron chi connectivity index (χ4n) is 2.22. The zero-order valence-corrected chi connectivity index (χ0v) is 12.8. The van der Waals surface area contributed by atoms with Gasteiger partial charge in [0, 0.05) is 12.0 Å². The van der Waals surface area contributed by atoms with E-state index in [0.717, 1.165) is 18.4 Å². The van der Waals surface area contributed by atoms with E-state index >= 15 is 0 Å². The summed E-state index contributed by atoms with van der Waals surface area (Å²) >= 11 is 0. The Kier molecular flexibility index (Phi) is 6.90. The molecule has 0 aliphatic rings. The zero-order chi connectivity index (χ0) is 15.7. The van der Waals surface area contributed by atoms with E-state index in [0.29, 0.717) is 13.0 Å². The molecule has 2 N–H and O–H groups in total. The molecule has 0 radical (unpaired) electrons. The summed E-state index contributed by atoms with van der Waals surface area (Å²) in [5.74, 6) is -0.960. The molecular weight excluding hydrogens is 264 g/mol. The Hall–Kier alpha value is -1.86. The number of amides is 1. The molecule has 0 heterocycles. The summed E-state index contributed by atoms with van der Waals surface area (Å²) in [5, 5.41) is 21.5. The first-order chi connectivity index (χ1) is 10.1. The Balaban J connectivity index is 2.62. The van der Waals surface area contributed by atoms with Crippen molar-refractivity contribution < 1.29 is 9.90 Å². The second-order valence-electron chi connectivity index (χ2n) is 5.45. The second-order valence-corrected chi connectivity index (χ2v) is 5.45. The largest absolute Gasteiger partial charge is 0.396 e. The maximum absolute atomic E-state index is 12.2. The van der Waals surface area contributed by atoms with E-state index in [1.165, 1.54) is 0 Å². The third-order valence-electron chi connectivity index (χ3n) is 4.23. The molecule has 0 saturated carbocycles. The third-order valence-corrected chi connectivity index (χ3v) is 4.23. The highest BCUT2D eigenvalue weighted by Gasteiger charge is 2.27. The van der Waals surface area contributed by atoms with E-state index in [9.17, 15) is 15.2 Å². The summed E-state index contributed by atoms with van der Waals surface area (Å²) in [6, 6.07) is 11.6. The highest BCUT2D eigenvalue weighted by molar-refractivity contribution is 5.81. The number of nitrogens with one attached hydrogen (secondary N) is 1. The van der Waals surface area contributed by atoms with E-state index < -0.39 is 5.92 Å². The van der Waals surface area contributed by atoms with Crippen LogP contribution in [-0.2, 0) is 11.2 Å². The minimum absolute atomic E-state index is 0.0379. The van der Waals surface area contributed by atoms with Gasteiger partial charge in [-0.15, -0.1) is 0 Å². The lowest BCUT2D eigenvalue weighted by atomic mass is 9.83. The predicted octanol–water partition coefficient (Wildman–Crippen LogP) is 2.28. The fraction of sp³-hybridized carbons (Fsp3) is 0.529. The Labute approximate surface area is 126 Å². The second kappa shape index (κ2) is 8.43. The van der Waals surface area contributed by atoms with Crippen molar-refractivity contribution >= 4 is 5.91 Å². The molecule has 0 aliphatic carbocycles. The standard InChI is InChI=1S/C17H24N2O2/c1-3-17(4-2,13-20)12-19-16(21)15(11-18)10-14-8-6-5-7-9-14/h5-9,15,20H,3-4,10,12-13H2,1-2H3,(H,19,21). The van der Waals surface area contributed by atoms with Gasteiger partial charge in [-0.3, -0.25) is 4.79 Å². The molecule has 1 amide bonds. The molecule has 0 bridgehead atoms. The van der Waals surface area contributed by atoms with Gasteiger partial charge in [0.15, 0.2) is 0 Å². The number of aliphatic hydroxyl groups is 1. The highest BCUT2D eigenvalue weighted by atomic mass is 16.3. The number of hydrogen-bond acceptors (Lipinski definition) is 3. The summed E-state index contributed by atoms with van der Waals surface area (Å²) in [6.45, 7) is 4.44. The van der Waals surface area contributed by atoms with Crippen LogP contribution in [0, 0.1) is 22.7 Å². The number of rotatable bonds is 8. The van der Waals surface area contributed by atoms with Gasteiger partial charge in [-0.1, -0.05) is 44.2 Å². The SMILES string of the molecule is CCC(CC)(CO)CNC(=O)C(C#N)Cc1ccccc1. The molecule has 0 aromatic heterocycles. The molecule has 1 aromatic rings. The molecule has 1 unspecified atom stereocenters. The number of benzene rings is 1. The van der Waals surface area contributed by atoms with Crippen LogP contribution in [0.1, 0.15) is 32.3 Å². The third kappa shape index (κ3) is 4.87. The van der Waals surface area contributed by atoms with Crippen LogP contribution < -0.4 is 5.32 Å². The van der Waals surface area contributed by atoms with Crippen LogP contribution in [0.4, 0.5) is 0 Å². The van der Waals surface area contributed by atoms with E-state index in [2.05, 4.69) is 11.4 Å². The number of nitrogens with zero attached hydrogens (tertiary/aromatic N) is 1. The van der Waals surface area contributed by atoms with E-state index in [1.807, 2.05) is 44.2 Å². The molecular formula is C17H24N2O2. The molecule has 1 rings (SSSR count). The van der Waals surface area contributed by atoms with Gasteiger partial charge < -0.3 is 10.4 Å². The van der Waals surface area contributed by atoms with E-state index in [1.54, 1.807) is 0 Å². The number of hydrogen-bond donors (Lipinski definition) is 2. The van der Waals surface area contributed by atoms with Crippen LogP contribution in [0.3, 0.4) is 0 Å². The van der Waals surface area contributed by atoms with Crippen molar-refractivity contribution in [1.82, 2.24) is 5.32 Å².